The third kappa shape index (κ3) is 5.53. The van der Waals surface area contributed by atoms with Gasteiger partial charge in [0.05, 0.1) is 10.6 Å². The van der Waals surface area contributed by atoms with Gasteiger partial charge < -0.3 is 14.6 Å². The maximum atomic E-state index is 12.7. The lowest BCUT2D eigenvalue weighted by Gasteiger charge is -2.12. The van der Waals surface area contributed by atoms with Crippen LogP contribution in [0.25, 0.3) is 11.8 Å². The lowest BCUT2D eigenvalue weighted by Crippen LogP contribution is -2.19. The molecule has 1 saturated heterocycles. The van der Waals surface area contributed by atoms with Gasteiger partial charge in [-0.3, -0.25) is 4.79 Å². The minimum atomic E-state index is -0.168. The number of aliphatic imine (C=N–C) groups is 1. The molecule has 1 aromatic heterocycles. The highest BCUT2D eigenvalue weighted by Gasteiger charge is 2.25. The van der Waals surface area contributed by atoms with Crippen molar-refractivity contribution in [1.82, 2.24) is 9.88 Å². The molecule has 0 saturated carbocycles. The van der Waals surface area contributed by atoms with Crippen molar-refractivity contribution in [3.63, 3.8) is 0 Å². The molecule has 1 fully saturated rings. The number of nitrogens with zero attached hydrogens (tertiary/aromatic N) is 2. The van der Waals surface area contributed by atoms with Crippen LogP contribution in [0.4, 0.5) is 5.69 Å². The quantitative estimate of drug-likeness (QED) is 0.241. The number of amidine groups is 1. The number of rotatable bonds is 6. The van der Waals surface area contributed by atoms with Gasteiger partial charge in [0, 0.05) is 32.7 Å². The number of carbonyl (C=O) groups excluding carboxylic acids is 1. The Morgan fingerprint density at radius 1 is 0.974 bits per heavy atom. The average molecular weight is 563 g/mol. The molecule has 1 N–H and O–H groups in total. The molecule has 0 radical (unpaired) electrons. The summed E-state index contributed by atoms with van der Waals surface area (Å²) in [5.74, 6) is 0.595. The highest BCUT2D eigenvalue weighted by molar-refractivity contribution is 8.18. The summed E-state index contributed by atoms with van der Waals surface area (Å²) in [7, 11) is 0. The normalized spacial score (nSPS) is 15.3. The third-order valence-corrected chi connectivity index (χ3v) is 8.00. The van der Waals surface area contributed by atoms with Gasteiger partial charge in [-0.25, -0.2) is 4.99 Å². The van der Waals surface area contributed by atoms with E-state index in [0.717, 1.165) is 45.2 Å². The van der Waals surface area contributed by atoms with Crippen molar-refractivity contribution in [2.45, 2.75) is 27.4 Å². The van der Waals surface area contributed by atoms with Crippen LogP contribution < -0.4 is 10.1 Å². The minimum absolute atomic E-state index is 0.168. The molecule has 1 aliphatic rings. The van der Waals surface area contributed by atoms with E-state index in [0.29, 0.717) is 26.7 Å². The van der Waals surface area contributed by atoms with Crippen LogP contribution in [-0.2, 0) is 11.4 Å². The molecule has 1 amide bonds. The van der Waals surface area contributed by atoms with Gasteiger partial charge in [-0.2, -0.15) is 0 Å². The van der Waals surface area contributed by atoms with Crippen LogP contribution in [0.1, 0.15) is 28.1 Å². The molecule has 0 aliphatic carbocycles. The SMILES string of the molecule is Cc1c(Cl)cccc1N=C1NC(=O)/C(=C\c2cc(C)n(-c3ccc(OCc4ccccc4Cl)cc3)c2C)S1. The Balaban J connectivity index is 1.34. The summed E-state index contributed by atoms with van der Waals surface area (Å²) in [4.78, 5) is 17.9. The molecule has 38 heavy (non-hydrogen) atoms. The first kappa shape index (κ1) is 26.2. The van der Waals surface area contributed by atoms with Gasteiger partial charge in [0.15, 0.2) is 5.17 Å². The number of hydrogen-bond donors (Lipinski definition) is 1. The number of halogens is 2. The Hall–Kier alpha value is -3.45. The first-order valence-corrected chi connectivity index (χ1v) is 13.6. The predicted molar refractivity (Wildman–Crippen MR) is 158 cm³/mol. The van der Waals surface area contributed by atoms with E-state index in [-0.39, 0.29) is 5.91 Å². The van der Waals surface area contributed by atoms with Gasteiger partial charge in [0.2, 0.25) is 0 Å². The number of hydrogen-bond acceptors (Lipinski definition) is 4. The summed E-state index contributed by atoms with van der Waals surface area (Å²) in [6.45, 7) is 6.41. The number of ether oxygens (including phenoxy) is 1. The number of nitrogens with one attached hydrogen (secondary N) is 1. The summed E-state index contributed by atoms with van der Waals surface area (Å²) in [5.41, 5.74) is 6.63. The van der Waals surface area contributed by atoms with Crippen LogP contribution in [0.2, 0.25) is 10.0 Å². The van der Waals surface area contributed by atoms with E-state index >= 15 is 0 Å². The molecule has 2 heterocycles. The van der Waals surface area contributed by atoms with Crippen molar-refractivity contribution >= 4 is 57.8 Å². The van der Waals surface area contributed by atoms with Crippen molar-refractivity contribution in [3.05, 3.63) is 116 Å². The van der Waals surface area contributed by atoms with E-state index in [1.165, 1.54) is 11.8 Å². The number of aryl methyl sites for hydroxylation is 1. The molecular weight excluding hydrogens is 537 g/mol. The van der Waals surface area contributed by atoms with Gasteiger partial charge in [-0.15, -0.1) is 0 Å². The van der Waals surface area contributed by atoms with E-state index in [1.54, 1.807) is 0 Å². The fraction of sp³-hybridized carbons (Fsp3) is 0.133. The molecule has 3 aromatic carbocycles. The third-order valence-electron chi connectivity index (χ3n) is 6.32. The minimum Gasteiger partial charge on any atom is -0.489 e. The first-order chi connectivity index (χ1) is 18.3. The summed E-state index contributed by atoms with van der Waals surface area (Å²) in [6, 6.07) is 23.2. The highest BCUT2D eigenvalue weighted by atomic mass is 35.5. The second-order valence-electron chi connectivity index (χ2n) is 8.90. The van der Waals surface area contributed by atoms with Crippen LogP contribution in [0.5, 0.6) is 5.75 Å². The van der Waals surface area contributed by atoms with E-state index in [4.69, 9.17) is 27.9 Å². The lowest BCUT2D eigenvalue weighted by molar-refractivity contribution is -0.115. The number of carbonyl (C=O) groups is 1. The zero-order valence-electron chi connectivity index (χ0n) is 21.1. The largest absolute Gasteiger partial charge is 0.489 e. The molecule has 0 unspecified atom stereocenters. The van der Waals surface area contributed by atoms with Gasteiger partial charge in [-0.1, -0.05) is 47.5 Å². The molecule has 1 aliphatic heterocycles. The summed E-state index contributed by atoms with van der Waals surface area (Å²) in [6.07, 6.45) is 1.91. The van der Waals surface area contributed by atoms with E-state index in [1.807, 2.05) is 93.6 Å². The summed E-state index contributed by atoms with van der Waals surface area (Å²) >= 11 is 13.8. The van der Waals surface area contributed by atoms with Gasteiger partial charge in [0.25, 0.3) is 5.91 Å². The summed E-state index contributed by atoms with van der Waals surface area (Å²) < 4.78 is 8.09. The lowest BCUT2D eigenvalue weighted by atomic mass is 10.2. The van der Waals surface area contributed by atoms with Crippen molar-refractivity contribution in [3.8, 4) is 11.4 Å². The van der Waals surface area contributed by atoms with Crippen LogP contribution in [-0.4, -0.2) is 15.6 Å². The molecule has 5 nitrogen and oxygen atoms in total. The maximum Gasteiger partial charge on any atom is 0.264 e. The number of amides is 1. The Morgan fingerprint density at radius 2 is 1.71 bits per heavy atom. The Labute approximate surface area is 236 Å². The van der Waals surface area contributed by atoms with E-state index < -0.39 is 0 Å². The molecule has 0 atom stereocenters. The molecule has 8 heteroatoms. The van der Waals surface area contributed by atoms with Crippen LogP contribution in [0.15, 0.2) is 82.7 Å². The Bertz CT molecular complexity index is 1590. The molecular formula is C30H25Cl2N3O2S. The van der Waals surface area contributed by atoms with Crippen molar-refractivity contribution in [2.24, 2.45) is 4.99 Å². The van der Waals surface area contributed by atoms with E-state index in [2.05, 4.69) is 20.9 Å². The van der Waals surface area contributed by atoms with Crippen LogP contribution in [0, 0.1) is 20.8 Å². The zero-order valence-corrected chi connectivity index (χ0v) is 23.4. The van der Waals surface area contributed by atoms with Crippen molar-refractivity contribution in [1.29, 1.82) is 0 Å². The second-order valence-corrected chi connectivity index (χ2v) is 10.7. The second kappa shape index (κ2) is 11.1. The van der Waals surface area contributed by atoms with Crippen molar-refractivity contribution in [2.75, 3.05) is 0 Å². The molecule has 0 bridgehead atoms. The standard InChI is InChI=1S/C30H25Cl2N3O2S/c1-18-15-22(16-28-29(36)34-30(38-28)33-27-10-6-9-25(31)19(27)2)20(3)35(18)23-11-13-24(14-12-23)37-17-21-7-4-5-8-26(21)32/h4-16H,17H2,1-3H3,(H,33,34,36)/b28-16+. The zero-order chi connectivity index (χ0) is 26.8. The number of aromatic nitrogens is 1. The predicted octanol–water partition coefficient (Wildman–Crippen LogP) is 8.18. The maximum absolute atomic E-state index is 12.7. The topological polar surface area (TPSA) is 55.6 Å². The number of benzene rings is 3. The van der Waals surface area contributed by atoms with Gasteiger partial charge in [-0.05, 0) is 98.3 Å². The van der Waals surface area contributed by atoms with Gasteiger partial charge >= 0.3 is 0 Å². The average Bonchev–Trinajstić information content (AvgIpc) is 3.39. The highest BCUT2D eigenvalue weighted by Crippen LogP contribution is 2.32. The molecule has 5 rings (SSSR count). The smallest absolute Gasteiger partial charge is 0.264 e. The monoisotopic (exact) mass is 561 g/mol. The summed E-state index contributed by atoms with van der Waals surface area (Å²) in [5, 5.41) is 4.73. The van der Waals surface area contributed by atoms with Crippen LogP contribution >= 0.6 is 35.0 Å². The van der Waals surface area contributed by atoms with Crippen molar-refractivity contribution < 1.29 is 9.53 Å². The molecule has 192 valence electrons. The first-order valence-electron chi connectivity index (χ1n) is 12.0. The van der Waals surface area contributed by atoms with Gasteiger partial charge in [0.1, 0.15) is 12.4 Å². The fourth-order valence-corrected chi connectivity index (χ4v) is 5.43. The fourth-order valence-electron chi connectivity index (χ4n) is 4.25. The molecule has 4 aromatic rings. The van der Waals surface area contributed by atoms with Crippen LogP contribution in [0.3, 0.4) is 0 Å². The van der Waals surface area contributed by atoms with E-state index in [9.17, 15) is 4.79 Å². The Kier molecular flexibility index (Phi) is 7.65. The number of thioether (sulfide) groups is 1. The molecule has 0 spiro atoms. The Morgan fingerprint density at radius 3 is 2.47 bits per heavy atom.